The zero-order valence-electron chi connectivity index (χ0n) is 10.6. The maximum atomic E-state index is 12.2. The van der Waals surface area contributed by atoms with E-state index < -0.39 is 6.10 Å². The van der Waals surface area contributed by atoms with Gasteiger partial charge in [-0.1, -0.05) is 29.8 Å². The predicted octanol–water partition coefficient (Wildman–Crippen LogP) is 1.08. The fourth-order valence-electron chi connectivity index (χ4n) is 2.34. The van der Waals surface area contributed by atoms with Crippen molar-refractivity contribution in [1.82, 2.24) is 4.90 Å². The van der Waals surface area contributed by atoms with Crippen LogP contribution in [0.15, 0.2) is 24.3 Å². The molecule has 1 heterocycles. The molecule has 0 spiro atoms. The van der Waals surface area contributed by atoms with Gasteiger partial charge in [0.2, 0.25) is 5.91 Å². The van der Waals surface area contributed by atoms with E-state index in [2.05, 4.69) is 0 Å². The van der Waals surface area contributed by atoms with Gasteiger partial charge in [0.05, 0.1) is 12.5 Å². The lowest BCUT2D eigenvalue weighted by Gasteiger charge is -2.35. The van der Waals surface area contributed by atoms with Gasteiger partial charge >= 0.3 is 0 Å². The molecule has 0 aliphatic carbocycles. The van der Waals surface area contributed by atoms with E-state index in [9.17, 15) is 9.90 Å². The Labute approximate surface area is 117 Å². The fourth-order valence-corrected chi connectivity index (χ4v) is 2.54. The van der Waals surface area contributed by atoms with Crippen molar-refractivity contribution in [2.45, 2.75) is 18.9 Å². The van der Waals surface area contributed by atoms with Crippen LogP contribution in [0.4, 0.5) is 0 Å². The molecule has 5 heteroatoms. The van der Waals surface area contributed by atoms with Crippen LogP contribution in [0.25, 0.3) is 0 Å². The number of nitrogens with zero attached hydrogens (tertiary/aromatic N) is 1. The van der Waals surface area contributed by atoms with Crippen LogP contribution in [0.5, 0.6) is 0 Å². The SMILES string of the molecule is O=C(Cc1ccccc1Cl)N1CC[C@H](CO)[C@@H](O)C1. The lowest BCUT2D eigenvalue weighted by atomic mass is 9.94. The predicted molar refractivity (Wildman–Crippen MR) is 72.9 cm³/mol. The summed E-state index contributed by atoms with van der Waals surface area (Å²) in [5.74, 6) is -0.159. The molecule has 0 unspecified atom stereocenters. The zero-order valence-corrected chi connectivity index (χ0v) is 11.4. The highest BCUT2D eigenvalue weighted by molar-refractivity contribution is 6.31. The number of aliphatic hydroxyl groups excluding tert-OH is 2. The summed E-state index contributed by atoms with van der Waals surface area (Å²) < 4.78 is 0. The molecule has 1 fully saturated rings. The summed E-state index contributed by atoms with van der Waals surface area (Å²) in [6.07, 6.45) is 0.233. The molecule has 1 aliphatic rings. The molecule has 0 radical (unpaired) electrons. The minimum atomic E-state index is -0.644. The Morgan fingerprint density at radius 3 is 2.79 bits per heavy atom. The quantitative estimate of drug-likeness (QED) is 0.873. The van der Waals surface area contributed by atoms with Gasteiger partial charge in [0.1, 0.15) is 0 Å². The smallest absolute Gasteiger partial charge is 0.227 e. The van der Waals surface area contributed by atoms with E-state index in [-0.39, 0.29) is 31.4 Å². The number of β-amino-alcohol motifs (C(OH)–C–C–N with tert-alkyl or cyclic N) is 1. The third-order valence-electron chi connectivity index (χ3n) is 3.61. The number of halogens is 1. The largest absolute Gasteiger partial charge is 0.396 e. The number of aliphatic hydroxyl groups is 2. The van der Waals surface area contributed by atoms with E-state index in [0.29, 0.717) is 18.0 Å². The first-order valence-electron chi connectivity index (χ1n) is 6.42. The molecule has 1 aromatic carbocycles. The van der Waals surface area contributed by atoms with Crippen LogP contribution in [-0.2, 0) is 11.2 Å². The molecular weight excluding hydrogens is 266 g/mol. The summed E-state index contributed by atoms with van der Waals surface area (Å²) in [6, 6.07) is 7.27. The summed E-state index contributed by atoms with van der Waals surface area (Å²) in [4.78, 5) is 13.8. The molecule has 104 valence electrons. The fraction of sp³-hybridized carbons (Fsp3) is 0.500. The van der Waals surface area contributed by atoms with Gasteiger partial charge in [-0.3, -0.25) is 4.79 Å². The molecule has 1 aliphatic heterocycles. The second kappa shape index (κ2) is 6.37. The number of hydrogen-bond acceptors (Lipinski definition) is 3. The summed E-state index contributed by atoms with van der Waals surface area (Å²) in [5.41, 5.74) is 0.799. The molecule has 2 N–H and O–H groups in total. The number of likely N-dealkylation sites (tertiary alicyclic amines) is 1. The highest BCUT2D eigenvalue weighted by atomic mass is 35.5. The maximum absolute atomic E-state index is 12.2. The van der Waals surface area contributed by atoms with Gasteiger partial charge in [-0.2, -0.15) is 0 Å². The minimum absolute atomic E-state index is 0.0340. The number of carbonyl (C=O) groups is 1. The average molecular weight is 284 g/mol. The summed E-state index contributed by atoms with van der Waals surface area (Å²) >= 11 is 6.03. The van der Waals surface area contributed by atoms with Gasteiger partial charge < -0.3 is 15.1 Å². The Morgan fingerprint density at radius 1 is 1.42 bits per heavy atom. The Balaban J connectivity index is 1.96. The first-order valence-corrected chi connectivity index (χ1v) is 6.79. The molecule has 0 aromatic heterocycles. The van der Waals surface area contributed by atoms with Gasteiger partial charge in [0.15, 0.2) is 0 Å². The molecule has 1 saturated heterocycles. The molecule has 19 heavy (non-hydrogen) atoms. The molecule has 2 rings (SSSR count). The van der Waals surface area contributed by atoms with Crippen molar-refractivity contribution in [3.63, 3.8) is 0 Å². The van der Waals surface area contributed by atoms with E-state index in [1.54, 1.807) is 11.0 Å². The van der Waals surface area contributed by atoms with Crippen LogP contribution < -0.4 is 0 Å². The Kier molecular flexibility index (Phi) is 4.80. The van der Waals surface area contributed by atoms with Gasteiger partial charge in [-0.25, -0.2) is 0 Å². The monoisotopic (exact) mass is 283 g/mol. The average Bonchev–Trinajstić information content (AvgIpc) is 2.41. The van der Waals surface area contributed by atoms with Crippen molar-refractivity contribution in [2.24, 2.45) is 5.92 Å². The summed E-state index contributed by atoms with van der Waals surface area (Å²) in [5, 5.41) is 19.5. The molecule has 1 aromatic rings. The lowest BCUT2D eigenvalue weighted by Crippen LogP contribution is -2.48. The highest BCUT2D eigenvalue weighted by Crippen LogP contribution is 2.20. The first-order chi connectivity index (χ1) is 9.11. The van der Waals surface area contributed by atoms with E-state index >= 15 is 0 Å². The van der Waals surface area contributed by atoms with Gasteiger partial charge in [-0.05, 0) is 18.1 Å². The Bertz CT molecular complexity index is 452. The minimum Gasteiger partial charge on any atom is -0.396 e. The first kappa shape index (κ1) is 14.3. The van der Waals surface area contributed by atoms with Crippen molar-refractivity contribution < 1.29 is 15.0 Å². The number of benzene rings is 1. The molecule has 1 amide bonds. The maximum Gasteiger partial charge on any atom is 0.227 e. The van der Waals surface area contributed by atoms with Crippen molar-refractivity contribution in [3.8, 4) is 0 Å². The molecule has 2 atom stereocenters. The number of rotatable bonds is 3. The topological polar surface area (TPSA) is 60.8 Å². The van der Waals surface area contributed by atoms with E-state index in [1.165, 1.54) is 0 Å². The summed E-state index contributed by atoms with van der Waals surface area (Å²) in [6.45, 7) is 0.827. The normalized spacial score (nSPS) is 23.4. The third-order valence-corrected chi connectivity index (χ3v) is 3.98. The van der Waals surface area contributed by atoms with Crippen LogP contribution in [0, 0.1) is 5.92 Å². The number of hydrogen-bond donors (Lipinski definition) is 2. The molecular formula is C14H18ClNO3. The molecule has 4 nitrogen and oxygen atoms in total. The molecule has 0 bridgehead atoms. The zero-order chi connectivity index (χ0) is 13.8. The van der Waals surface area contributed by atoms with Crippen molar-refractivity contribution in [1.29, 1.82) is 0 Å². The second-order valence-electron chi connectivity index (χ2n) is 4.91. The van der Waals surface area contributed by atoms with Crippen LogP contribution in [-0.4, -0.2) is 46.8 Å². The number of piperidine rings is 1. The van der Waals surface area contributed by atoms with E-state index in [0.717, 1.165) is 5.56 Å². The second-order valence-corrected chi connectivity index (χ2v) is 5.31. The van der Waals surface area contributed by atoms with E-state index in [1.807, 2.05) is 18.2 Å². The van der Waals surface area contributed by atoms with Crippen molar-refractivity contribution in [3.05, 3.63) is 34.9 Å². The lowest BCUT2D eigenvalue weighted by molar-refractivity contribution is -0.135. The summed E-state index contributed by atoms with van der Waals surface area (Å²) in [7, 11) is 0. The number of carbonyl (C=O) groups excluding carboxylic acids is 1. The molecule has 0 saturated carbocycles. The standard InChI is InChI=1S/C14H18ClNO3/c15-12-4-2-1-3-10(12)7-14(19)16-6-5-11(9-17)13(18)8-16/h1-4,11,13,17-18H,5-9H2/t11-,13+/m1/s1. The van der Waals surface area contributed by atoms with Gasteiger partial charge in [0, 0.05) is 30.6 Å². The van der Waals surface area contributed by atoms with Gasteiger partial charge in [0.25, 0.3) is 0 Å². The van der Waals surface area contributed by atoms with Gasteiger partial charge in [-0.15, -0.1) is 0 Å². The van der Waals surface area contributed by atoms with E-state index in [4.69, 9.17) is 16.7 Å². The Hall–Kier alpha value is -1.10. The van der Waals surface area contributed by atoms with Crippen LogP contribution in [0.1, 0.15) is 12.0 Å². The number of amides is 1. The Morgan fingerprint density at radius 2 is 2.16 bits per heavy atom. The van der Waals surface area contributed by atoms with Crippen LogP contribution in [0.2, 0.25) is 5.02 Å². The highest BCUT2D eigenvalue weighted by Gasteiger charge is 2.29. The van der Waals surface area contributed by atoms with Crippen molar-refractivity contribution in [2.75, 3.05) is 19.7 Å². The van der Waals surface area contributed by atoms with Crippen LogP contribution >= 0.6 is 11.6 Å². The van der Waals surface area contributed by atoms with Crippen molar-refractivity contribution >= 4 is 17.5 Å². The van der Waals surface area contributed by atoms with Crippen LogP contribution in [0.3, 0.4) is 0 Å². The third kappa shape index (κ3) is 3.47.